The highest BCUT2D eigenvalue weighted by Gasteiger charge is 2.33. The average Bonchev–Trinajstić information content (AvgIpc) is 2.44. The maximum Gasteiger partial charge on any atom is 0.410 e. The average molecular weight is 398 g/mol. The molecule has 0 spiro atoms. The molecule has 1 aromatic rings. The standard InChI is InChI=1S/C17H24BrN3O3/c1-11-10-20(7-8-21(11)16(23)24-17(2,3)4)15(22)13-6-5-12(19)9-14(13)18/h5-6,9,11H,7-8,10,19H2,1-4H3. The summed E-state index contributed by atoms with van der Waals surface area (Å²) in [6.45, 7) is 8.83. The van der Waals surface area contributed by atoms with Crippen LogP contribution in [0.2, 0.25) is 0 Å². The van der Waals surface area contributed by atoms with Crippen molar-refractivity contribution >= 4 is 33.6 Å². The number of ether oxygens (including phenoxy) is 1. The van der Waals surface area contributed by atoms with E-state index >= 15 is 0 Å². The summed E-state index contributed by atoms with van der Waals surface area (Å²) < 4.78 is 6.10. The SMILES string of the molecule is CC1CN(C(=O)c2ccc(N)cc2Br)CCN1C(=O)OC(C)(C)C. The maximum absolute atomic E-state index is 12.7. The van der Waals surface area contributed by atoms with Crippen LogP contribution in [0.4, 0.5) is 10.5 Å². The molecule has 6 nitrogen and oxygen atoms in total. The summed E-state index contributed by atoms with van der Waals surface area (Å²) in [7, 11) is 0. The number of benzene rings is 1. The number of carbonyl (C=O) groups is 2. The highest BCUT2D eigenvalue weighted by atomic mass is 79.9. The van der Waals surface area contributed by atoms with Crippen LogP contribution in [-0.2, 0) is 4.74 Å². The van der Waals surface area contributed by atoms with Gasteiger partial charge in [0, 0.05) is 35.8 Å². The first-order chi connectivity index (χ1) is 11.1. The number of rotatable bonds is 1. The Balaban J connectivity index is 2.05. The molecule has 24 heavy (non-hydrogen) atoms. The van der Waals surface area contributed by atoms with E-state index in [2.05, 4.69) is 15.9 Å². The Morgan fingerprint density at radius 1 is 1.29 bits per heavy atom. The normalized spacial score (nSPS) is 18.5. The van der Waals surface area contributed by atoms with Crippen molar-refractivity contribution in [3.05, 3.63) is 28.2 Å². The molecule has 132 valence electrons. The van der Waals surface area contributed by atoms with Crippen molar-refractivity contribution in [3.63, 3.8) is 0 Å². The van der Waals surface area contributed by atoms with Gasteiger partial charge in [-0.05, 0) is 61.8 Å². The lowest BCUT2D eigenvalue weighted by molar-refractivity contribution is 0.00197. The number of hydrogen-bond donors (Lipinski definition) is 1. The molecule has 1 aromatic carbocycles. The molecule has 0 radical (unpaired) electrons. The first-order valence-corrected chi connectivity index (χ1v) is 8.71. The Kier molecular flexibility index (Phi) is 5.42. The highest BCUT2D eigenvalue weighted by Crippen LogP contribution is 2.23. The Bertz CT molecular complexity index is 642. The van der Waals surface area contributed by atoms with E-state index in [-0.39, 0.29) is 18.0 Å². The van der Waals surface area contributed by atoms with Gasteiger partial charge in [-0.3, -0.25) is 4.79 Å². The molecule has 1 aliphatic rings. The number of piperazine rings is 1. The van der Waals surface area contributed by atoms with Crippen LogP contribution < -0.4 is 5.73 Å². The van der Waals surface area contributed by atoms with E-state index in [1.807, 2.05) is 27.7 Å². The van der Waals surface area contributed by atoms with Crippen molar-refractivity contribution < 1.29 is 14.3 Å². The monoisotopic (exact) mass is 397 g/mol. The molecule has 1 heterocycles. The number of carbonyl (C=O) groups excluding carboxylic acids is 2. The van der Waals surface area contributed by atoms with E-state index in [9.17, 15) is 9.59 Å². The first-order valence-electron chi connectivity index (χ1n) is 7.92. The molecule has 2 amide bonds. The molecule has 7 heteroatoms. The van der Waals surface area contributed by atoms with Crippen molar-refractivity contribution in [2.24, 2.45) is 0 Å². The fourth-order valence-electron chi connectivity index (χ4n) is 2.61. The van der Waals surface area contributed by atoms with Gasteiger partial charge in [0.05, 0.1) is 5.56 Å². The lowest BCUT2D eigenvalue weighted by Crippen LogP contribution is -2.56. The van der Waals surface area contributed by atoms with Gasteiger partial charge in [0.2, 0.25) is 0 Å². The molecule has 1 unspecified atom stereocenters. The Labute approximate surface area is 151 Å². The largest absolute Gasteiger partial charge is 0.444 e. The number of amides is 2. The minimum atomic E-state index is -0.529. The van der Waals surface area contributed by atoms with Crippen LogP contribution in [0.1, 0.15) is 38.1 Å². The maximum atomic E-state index is 12.7. The Morgan fingerprint density at radius 3 is 2.50 bits per heavy atom. The van der Waals surface area contributed by atoms with Gasteiger partial charge in [-0.25, -0.2) is 4.79 Å². The molecule has 1 aliphatic heterocycles. The zero-order valence-corrected chi connectivity index (χ0v) is 16.1. The molecular formula is C17H24BrN3O3. The summed E-state index contributed by atoms with van der Waals surface area (Å²) in [5, 5.41) is 0. The van der Waals surface area contributed by atoms with Gasteiger partial charge in [-0.2, -0.15) is 0 Å². The Morgan fingerprint density at radius 2 is 1.96 bits per heavy atom. The summed E-state index contributed by atoms with van der Waals surface area (Å²) in [5.74, 6) is -0.0717. The van der Waals surface area contributed by atoms with E-state index in [4.69, 9.17) is 10.5 Å². The van der Waals surface area contributed by atoms with E-state index in [0.29, 0.717) is 35.4 Å². The van der Waals surface area contributed by atoms with Crippen molar-refractivity contribution in [3.8, 4) is 0 Å². The van der Waals surface area contributed by atoms with Gasteiger partial charge in [0.1, 0.15) is 5.60 Å². The highest BCUT2D eigenvalue weighted by molar-refractivity contribution is 9.10. The van der Waals surface area contributed by atoms with Gasteiger partial charge < -0.3 is 20.3 Å². The van der Waals surface area contributed by atoms with E-state index in [1.54, 1.807) is 28.0 Å². The second kappa shape index (κ2) is 7.01. The smallest absolute Gasteiger partial charge is 0.410 e. The van der Waals surface area contributed by atoms with Crippen LogP contribution >= 0.6 is 15.9 Å². The fourth-order valence-corrected chi connectivity index (χ4v) is 3.18. The van der Waals surface area contributed by atoms with E-state index in [1.165, 1.54) is 0 Å². The zero-order chi connectivity index (χ0) is 18.1. The molecule has 2 rings (SSSR count). The Hall–Kier alpha value is -1.76. The molecule has 1 atom stereocenters. The molecule has 0 aromatic heterocycles. The second-order valence-electron chi connectivity index (χ2n) is 7.01. The number of hydrogen-bond acceptors (Lipinski definition) is 4. The van der Waals surface area contributed by atoms with Gasteiger partial charge in [0.25, 0.3) is 5.91 Å². The van der Waals surface area contributed by atoms with Crippen LogP contribution in [0.25, 0.3) is 0 Å². The molecule has 2 N–H and O–H groups in total. The lowest BCUT2D eigenvalue weighted by Gasteiger charge is -2.40. The molecule has 1 fully saturated rings. The number of halogens is 1. The summed E-state index contributed by atoms with van der Waals surface area (Å²) in [6.07, 6.45) is -0.337. The first kappa shape index (κ1) is 18.6. The van der Waals surface area contributed by atoms with E-state index < -0.39 is 5.60 Å². The third-order valence-electron chi connectivity index (χ3n) is 3.77. The molecule has 0 bridgehead atoms. The topological polar surface area (TPSA) is 75.9 Å². The van der Waals surface area contributed by atoms with Crippen LogP contribution in [0.5, 0.6) is 0 Å². The van der Waals surface area contributed by atoms with Crippen LogP contribution in [0, 0.1) is 0 Å². The molecule has 0 aliphatic carbocycles. The number of nitrogens with two attached hydrogens (primary N) is 1. The van der Waals surface area contributed by atoms with Crippen molar-refractivity contribution in [2.75, 3.05) is 25.4 Å². The second-order valence-corrected chi connectivity index (χ2v) is 7.87. The fraction of sp³-hybridized carbons (Fsp3) is 0.529. The van der Waals surface area contributed by atoms with E-state index in [0.717, 1.165) is 0 Å². The van der Waals surface area contributed by atoms with Crippen molar-refractivity contribution in [2.45, 2.75) is 39.3 Å². The van der Waals surface area contributed by atoms with Crippen LogP contribution in [-0.4, -0.2) is 53.1 Å². The quantitative estimate of drug-likeness (QED) is 0.738. The van der Waals surface area contributed by atoms with Gasteiger partial charge in [-0.15, -0.1) is 0 Å². The molecular weight excluding hydrogens is 374 g/mol. The lowest BCUT2D eigenvalue weighted by atomic mass is 10.1. The summed E-state index contributed by atoms with van der Waals surface area (Å²) in [4.78, 5) is 28.4. The number of nitrogens with zero attached hydrogens (tertiary/aromatic N) is 2. The molecule has 0 saturated carbocycles. The summed E-state index contributed by atoms with van der Waals surface area (Å²) in [5.41, 5.74) is 6.36. The molecule has 1 saturated heterocycles. The number of nitrogen functional groups attached to an aromatic ring is 1. The summed E-state index contributed by atoms with van der Waals surface area (Å²) >= 11 is 3.39. The van der Waals surface area contributed by atoms with Gasteiger partial charge >= 0.3 is 6.09 Å². The number of anilines is 1. The minimum Gasteiger partial charge on any atom is -0.444 e. The van der Waals surface area contributed by atoms with Crippen LogP contribution in [0.15, 0.2) is 22.7 Å². The van der Waals surface area contributed by atoms with Gasteiger partial charge in [-0.1, -0.05) is 0 Å². The summed E-state index contributed by atoms with van der Waals surface area (Å²) in [6, 6.07) is 5.03. The van der Waals surface area contributed by atoms with Crippen LogP contribution in [0.3, 0.4) is 0 Å². The third kappa shape index (κ3) is 4.41. The minimum absolute atomic E-state index is 0.0717. The van der Waals surface area contributed by atoms with Gasteiger partial charge in [0.15, 0.2) is 0 Å². The van der Waals surface area contributed by atoms with Crippen molar-refractivity contribution in [1.29, 1.82) is 0 Å². The third-order valence-corrected chi connectivity index (χ3v) is 4.42. The predicted molar refractivity (Wildman–Crippen MR) is 96.9 cm³/mol. The van der Waals surface area contributed by atoms with Crippen molar-refractivity contribution in [1.82, 2.24) is 9.80 Å². The zero-order valence-electron chi connectivity index (χ0n) is 14.5. The predicted octanol–water partition coefficient (Wildman–Crippen LogP) is 3.11.